The average molecular weight is 414 g/mol. The molecule has 2 amide bonds. The number of hydrogen-bond donors (Lipinski definition) is 2. The molecule has 0 fully saturated rings. The van der Waals surface area contributed by atoms with Crippen molar-refractivity contribution in [1.82, 2.24) is 10.2 Å². The molecule has 0 aromatic heterocycles. The van der Waals surface area contributed by atoms with Crippen molar-refractivity contribution in [3.05, 3.63) is 65.7 Å². The maximum Gasteiger partial charge on any atom is 0.261 e. The van der Waals surface area contributed by atoms with E-state index in [9.17, 15) is 9.59 Å². The summed E-state index contributed by atoms with van der Waals surface area (Å²) in [7, 11) is 0. The summed E-state index contributed by atoms with van der Waals surface area (Å²) in [6.45, 7) is 5.36. The second kappa shape index (κ2) is 11.2. The van der Waals surface area contributed by atoms with Crippen LogP contribution in [0, 0.1) is 5.92 Å². The number of amides is 2. The maximum absolute atomic E-state index is 12.8. The van der Waals surface area contributed by atoms with E-state index in [1.54, 1.807) is 23.1 Å². The number of ether oxygens (including phenoxy) is 1. The predicted molar refractivity (Wildman–Crippen MR) is 118 cm³/mol. The van der Waals surface area contributed by atoms with E-state index in [4.69, 9.17) is 22.7 Å². The fourth-order valence-corrected chi connectivity index (χ4v) is 2.83. The van der Waals surface area contributed by atoms with Crippen LogP contribution in [0.15, 0.2) is 54.6 Å². The lowest BCUT2D eigenvalue weighted by atomic mass is 10.2. The molecule has 6 nitrogen and oxygen atoms in total. The normalized spacial score (nSPS) is 10.4. The second-order valence-corrected chi connectivity index (χ2v) is 7.47. The number of para-hydroxylation sites is 1. The van der Waals surface area contributed by atoms with Crippen LogP contribution in [0.3, 0.4) is 0 Å². The molecule has 2 aromatic carbocycles. The van der Waals surface area contributed by atoms with E-state index in [-0.39, 0.29) is 17.4 Å². The Hall–Kier alpha value is -2.93. The molecule has 0 saturated heterocycles. The lowest BCUT2D eigenvalue weighted by Crippen LogP contribution is -2.43. The minimum Gasteiger partial charge on any atom is -0.492 e. The Balaban J connectivity index is 2.11. The number of primary amides is 1. The lowest BCUT2D eigenvalue weighted by Gasteiger charge is -2.25. The van der Waals surface area contributed by atoms with Gasteiger partial charge in [-0.15, -0.1) is 0 Å². The molecular weight excluding hydrogens is 386 g/mol. The Labute approximate surface area is 177 Å². The zero-order valence-electron chi connectivity index (χ0n) is 16.8. The molecule has 0 bridgehead atoms. The number of benzene rings is 2. The van der Waals surface area contributed by atoms with Crippen LogP contribution in [0.2, 0.25) is 0 Å². The van der Waals surface area contributed by atoms with Gasteiger partial charge in [-0.05, 0) is 35.8 Å². The molecule has 2 rings (SSSR count). The number of nitrogens with two attached hydrogens (primary N) is 1. The molecule has 0 radical (unpaired) electrons. The van der Waals surface area contributed by atoms with Gasteiger partial charge in [-0.2, -0.15) is 0 Å². The summed E-state index contributed by atoms with van der Waals surface area (Å²) in [5, 5.41) is 2.99. The monoisotopic (exact) mass is 413 g/mol. The largest absolute Gasteiger partial charge is 0.492 e. The third-order valence-corrected chi connectivity index (χ3v) is 4.42. The van der Waals surface area contributed by atoms with Crippen LogP contribution in [0.4, 0.5) is 0 Å². The topological polar surface area (TPSA) is 84.7 Å². The Morgan fingerprint density at radius 2 is 1.76 bits per heavy atom. The first kappa shape index (κ1) is 22.4. The molecule has 0 atom stereocenters. The predicted octanol–water partition coefficient (Wildman–Crippen LogP) is 3.11. The summed E-state index contributed by atoms with van der Waals surface area (Å²) >= 11 is 5.45. The van der Waals surface area contributed by atoms with Crippen molar-refractivity contribution in [3.63, 3.8) is 0 Å². The molecule has 0 spiro atoms. The van der Waals surface area contributed by atoms with Crippen LogP contribution in [-0.4, -0.2) is 35.0 Å². The Morgan fingerprint density at radius 1 is 1.10 bits per heavy atom. The lowest BCUT2D eigenvalue weighted by molar-refractivity contribution is -0.118. The van der Waals surface area contributed by atoms with Gasteiger partial charge in [0.25, 0.3) is 5.91 Å². The highest BCUT2D eigenvalue weighted by Crippen LogP contribution is 2.19. The first-order valence-electron chi connectivity index (χ1n) is 9.51. The zero-order valence-corrected chi connectivity index (χ0v) is 17.6. The summed E-state index contributed by atoms with van der Waals surface area (Å²) < 4.78 is 5.76. The van der Waals surface area contributed by atoms with Gasteiger partial charge >= 0.3 is 0 Å². The Bertz CT molecular complexity index is 840. The fourth-order valence-electron chi connectivity index (χ4n) is 2.58. The summed E-state index contributed by atoms with van der Waals surface area (Å²) in [5.41, 5.74) is 6.71. The van der Waals surface area contributed by atoms with E-state index in [0.29, 0.717) is 36.9 Å². The quantitative estimate of drug-likeness (QED) is 0.617. The summed E-state index contributed by atoms with van der Waals surface area (Å²) in [5.74, 6) is 0.0618. The first-order valence-corrected chi connectivity index (χ1v) is 9.92. The molecule has 0 aliphatic heterocycles. The molecule has 0 heterocycles. The van der Waals surface area contributed by atoms with Gasteiger partial charge in [-0.3, -0.25) is 14.9 Å². The molecule has 7 heteroatoms. The minimum atomic E-state index is -0.426. The molecule has 0 aliphatic carbocycles. The molecule has 154 valence electrons. The average Bonchev–Trinajstić information content (AvgIpc) is 2.70. The van der Waals surface area contributed by atoms with Crippen molar-refractivity contribution in [2.45, 2.75) is 26.8 Å². The Kier molecular flexibility index (Phi) is 8.61. The summed E-state index contributed by atoms with van der Waals surface area (Å²) in [6, 6.07) is 16.7. The van der Waals surface area contributed by atoms with E-state index < -0.39 is 5.91 Å². The van der Waals surface area contributed by atoms with Crippen molar-refractivity contribution in [3.8, 4) is 5.75 Å². The third kappa shape index (κ3) is 7.54. The van der Waals surface area contributed by atoms with Crippen LogP contribution in [-0.2, 0) is 11.3 Å². The summed E-state index contributed by atoms with van der Waals surface area (Å²) in [6.07, 6.45) is 0.136. The van der Waals surface area contributed by atoms with E-state index in [2.05, 4.69) is 5.32 Å². The van der Waals surface area contributed by atoms with Gasteiger partial charge in [-0.1, -0.05) is 56.3 Å². The molecular formula is C22H27N3O3S. The van der Waals surface area contributed by atoms with Crippen molar-refractivity contribution < 1.29 is 14.3 Å². The molecule has 29 heavy (non-hydrogen) atoms. The van der Waals surface area contributed by atoms with Gasteiger partial charge in [0.15, 0.2) is 5.11 Å². The van der Waals surface area contributed by atoms with Gasteiger partial charge in [0.2, 0.25) is 5.91 Å². The Morgan fingerprint density at radius 3 is 2.41 bits per heavy atom. The van der Waals surface area contributed by atoms with Gasteiger partial charge in [0, 0.05) is 19.5 Å². The molecule has 3 N–H and O–H groups in total. The molecule has 0 saturated carbocycles. The number of nitrogens with one attached hydrogen (secondary N) is 1. The van der Waals surface area contributed by atoms with Crippen LogP contribution >= 0.6 is 12.2 Å². The van der Waals surface area contributed by atoms with Gasteiger partial charge in [0.05, 0.1) is 12.2 Å². The molecule has 2 aromatic rings. The van der Waals surface area contributed by atoms with Crippen molar-refractivity contribution in [2.24, 2.45) is 11.7 Å². The first-order chi connectivity index (χ1) is 13.9. The van der Waals surface area contributed by atoms with Crippen LogP contribution in [0.25, 0.3) is 0 Å². The number of nitrogens with zero attached hydrogens (tertiary/aromatic N) is 1. The van der Waals surface area contributed by atoms with E-state index >= 15 is 0 Å². The van der Waals surface area contributed by atoms with Crippen molar-refractivity contribution >= 4 is 29.1 Å². The summed E-state index contributed by atoms with van der Waals surface area (Å²) in [4.78, 5) is 25.8. The van der Waals surface area contributed by atoms with Crippen molar-refractivity contribution in [1.29, 1.82) is 0 Å². The fraction of sp³-hybridized carbons (Fsp3) is 0.318. The van der Waals surface area contributed by atoms with Crippen LogP contribution < -0.4 is 15.8 Å². The van der Waals surface area contributed by atoms with E-state index in [1.165, 1.54) is 0 Å². The zero-order chi connectivity index (χ0) is 21.2. The highest BCUT2D eigenvalue weighted by molar-refractivity contribution is 7.80. The second-order valence-electron chi connectivity index (χ2n) is 7.08. The highest BCUT2D eigenvalue weighted by atomic mass is 32.1. The van der Waals surface area contributed by atoms with Gasteiger partial charge in [0.1, 0.15) is 5.75 Å². The number of carbonyl (C=O) groups excluding carboxylic acids is 2. The number of hydrogen-bond acceptors (Lipinski definition) is 4. The SMILES string of the molecule is CC(C)COc1ccccc1C(=O)NC(=S)N(CCC(N)=O)Cc1ccccc1. The molecule has 0 aliphatic rings. The van der Waals surface area contributed by atoms with E-state index in [0.717, 1.165) is 5.56 Å². The van der Waals surface area contributed by atoms with Crippen molar-refractivity contribution in [2.75, 3.05) is 13.2 Å². The maximum atomic E-state index is 12.8. The van der Waals surface area contributed by atoms with Crippen LogP contribution in [0.1, 0.15) is 36.2 Å². The van der Waals surface area contributed by atoms with Gasteiger partial charge in [-0.25, -0.2) is 0 Å². The smallest absolute Gasteiger partial charge is 0.261 e. The third-order valence-electron chi connectivity index (χ3n) is 4.06. The standard InChI is InChI=1S/C22H27N3O3S/c1-16(2)15-28-19-11-7-6-10-18(19)21(27)24-22(29)25(13-12-20(23)26)14-17-8-4-3-5-9-17/h3-11,16H,12-15H2,1-2H3,(H2,23,26)(H,24,27,29). The van der Waals surface area contributed by atoms with Gasteiger partial charge < -0.3 is 15.4 Å². The van der Waals surface area contributed by atoms with E-state index in [1.807, 2.05) is 50.2 Å². The van der Waals surface area contributed by atoms with Crippen LogP contribution in [0.5, 0.6) is 5.75 Å². The number of thiocarbonyl (C=S) groups is 1. The highest BCUT2D eigenvalue weighted by Gasteiger charge is 2.18. The number of rotatable bonds is 9. The number of carbonyl (C=O) groups is 2. The molecule has 0 unspecified atom stereocenters. The minimum absolute atomic E-state index is 0.136.